The molecule has 1 heterocycles. The van der Waals surface area contributed by atoms with Crippen molar-refractivity contribution in [3.05, 3.63) is 58.8 Å². The zero-order valence-corrected chi connectivity index (χ0v) is 11.8. The number of rotatable bonds is 4. The van der Waals surface area contributed by atoms with Crippen LogP contribution in [0.5, 0.6) is 0 Å². The van der Waals surface area contributed by atoms with Crippen LogP contribution in [0, 0.1) is 0 Å². The van der Waals surface area contributed by atoms with Crippen LogP contribution in [0.4, 0.5) is 5.69 Å². The summed E-state index contributed by atoms with van der Waals surface area (Å²) in [5.74, 6) is -0.224. The fourth-order valence-electron chi connectivity index (χ4n) is 1.67. The number of benzene rings is 1. The zero-order valence-electron chi connectivity index (χ0n) is 10.2. The lowest BCUT2D eigenvalue weighted by molar-refractivity contribution is -0.117. The molecule has 19 heavy (non-hydrogen) atoms. The van der Waals surface area contributed by atoms with E-state index in [0.29, 0.717) is 16.7 Å². The van der Waals surface area contributed by atoms with Crippen molar-refractivity contribution in [1.82, 2.24) is 4.98 Å². The van der Waals surface area contributed by atoms with Crippen LogP contribution in [0.3, 0.4) is 0 Å². The summed E-state index contributed by atoms with van der Waals surface area (Å²) in [5, 5.41) is 2.76. The largest absolute Gasteiger partial charge is 0.322 e. The Morgan fingerprint density at radius 1 is 1.26 bits per heavy atom. The predicted octanol–water partition coefficient (Wildman–Crippen LogP) is 2.35. The molecular weight excluding hydrogens is 306 g/mol. The third-order valence-corrected chi connectivity index (χ3v) is 3.28. The first-order chi connectivity index (χ1) is 9.16. The van der Waals surface area contributed by atoms with Gasteiger partial charge < -0.3 is 11.1 Å². The average Bonchev–Trinajstić information content (AvgIpc) is 2.42. The quantitative estimate of drug-likeness (QED) is 0.850. The van der Waals surface area contributed by atoms with Gasteiger partial charge in [0.25, 0.3) is 0 Å². The minimum Gasteiger partial charge on any atom is -0.322 e. The van der Waals surface area contributed by atoms with E-state index in [4.69, 9.17) is 5.73 Å². The molecule has 2 rings (SSSR count). The first kappa shape index (κ1) is 13.7. The Morgan fingerprint density at radius 3 is 2.68 bits per heavy atom. The molecule has 0 radical (unpaired) electrons. The molecule has 0 spiro atoms. The number of hydrogen-bond acceptors (Lipinski definition) is 3. The first-order valence-corrected chi connectivity index (χ1v) is 6.67. The van der Waals surface area contributed by atoms with E-state index in [0.717, 1.165) is 5.56 Å². The summed E-state index contributed by atoms with van der Waals surface area (Å²) >= 11 is 3.27. The van der Waals surface area contributed by atoms with Gasteiger partial charge in [0.2, 0.25) is 5.91 Å². The highest BCUT2D eigenvalue weighted by Gasteiger charge is 2.15. The van der Waals surface area contributed by atoms with Crippen molar-refractivity contribution in [3.8, 4) is 0 Å². The number of carbonyl (C=O) groups is 1. The van der Waals surface area contributed by atoms with E-state index in [1.54, 1.807) is 18.3 Å². The lowest BCUT2D eigenvalue weighted by Crippen LogP contribution is -2.37. The standard InChI is InChI=1S/C14H14BrN3O/c15-13-12(7-4-8-17-13)18-14(19)11(16)9-10-5-2-1-3-6-10/h1-8,11H,9,16H2,(H,18,19). The lowest BCUT2D eigenvalue weighted by atomic mass is 10.1. The maximum atomic E-state index is 12.0. The molecule has 0 aliphatic carbocycles. The van der Waals surface area contributed by atoms with Crippen molar-refractivity contribution in [2.45, 2.75) is 12.5 Å². The molecule has 0 saturated carbocycles. The van der Waals surface area contributed by atoms with Gasteiger partial charge in [0.15, 0.2) is 0 Å². The molecule has 1 amide bonds. The predicted molar refractivity (Wildman–Crippen MR) is 78.7 cm³/mol. The van der Waals surface area contributed by atoms with Gasteiger partial charge in [-0.15, -0.1) is 0 Å². The van der Waals surface area contributed by atoms with Crippen LogP contribution >= 0.6 is 15.9 Å². The number of carbonyl (C=O) groups excluding carboxylic acids is 1. The van der Waals surface area contributed by atoms with Crippen molar-refractivity contribution < 1.29 is 4.79 Å². The van der Waals surface area contributed by atoms with Gasteiger partial charge >= 0.3 is 0 Å². The first-order valence-electron chi connectivity index (χ1n) is 5.87. The molecule has 0 fully saturated rings. The Bertz CT molecular complexity index is 560. The van der Waals surface area contributed by atoms with Crippen LogP contribution in [0.2, 0.25) is 0 Å². The monoisotopic (exact) mass is 319 g/mol. The number of nitrogens with one attached hydrogen (secondary N) is 1. The molecule has 1 unspecified atom stereocenters. The van der Waals surface area contributed by atoms with Crippen LogP contribution in [0.15, 0.2) is 53.3 Å². The molecule has 0 aliphatic heterocycles. The summed E-state index contributed by atoms with van der Waals surface area (Å²) < 4.78 is 0.593. The van der Waals surface area contributed by atoms with E-state index in [-0.39, 0.29) is 5.91 Å². The van der Waals surface area contributed by atoms with E-state index in [1.165, 1.54) is 0 Å². The van der Waals surface area contributed by atoms with Gasteiger partial charge in [-0.05, 0) is 40.0 Å². The Labute approximate surface area is 120 Å². The molecule has 0 saturated heterocycles. The molecule has 1 aromatic carbocycles. The van der Waals surface area contributed by atoms with Crippen molar-refractivity contribution in [3.63, 3.8) is 0 Å². The molecule has 98 valence electrons. The van der Waals surface area contributed by atoms with E-state index < -0.39 is 6.04 Å². The molecule has 3 N–H and O–H groups in total. The maximum Gasteiger partial charge on any atom is 0.241 e. The number of pyridine rings is 1. The van der Waals surface area contributed by atoms with Gasteiger partial charge in [0, 0.05) is 6.20 Å². The number of aromatic nitrogens is 1. The van der Waals surface area contributed by atoms with Crippen molar-refractivity contribution in [2.75, 3.05) is 5.32 Å². The average molecular weight is 320 g/mol. The van der Waals surface area contributed by atoms with Crippen molar-refractivity contribution in [2.24, 2.45) is 5.73 Å². The van der Waals surface area contributed by atoms with E-state index in [2.05, 4.69) is 26.2 Å². The molecule has 0 bridgehead atoms. The van der Waals surface area contributed by atoms with E-state index in [1.807, 2.05) is 30.3 Å². The second kappa shape index (κ2) is 6.45. The highest BCUT2D eigenvalue weighted by atomic mass is 79.9. The smallest absolute Gasteiger partial charge is 0.241 e. The molecule has 1 atom stereocenters. The minimum atomic E-state index is -0.588. The van der Waals surface area contributed by atoms with Crippen LogP contribution < -0.4 is 11.1 Å². The highest BCUT2D eigenvalue weighted by molar-refractivity contribution is 9.10. The Hall–Kier alpha value is -1.72. The van der Waals surface area contributed by atoms with Gasteiger partial charge in [-0.25, -0.2) is 4.98 Å². The number of nitrogens with zero attached hydrogens (tertiary/aromatic N) is 1. The summed E-state index contributed by atoms with van der Waals surface area (Å²) in [6, 6.07) is 12.6. The zero-order chi connectivity index (χ0) is 13.7. The number of anilines is 1. The molecule has 1 aromatic heterocycles. The molecule has 0 aliphatic rings. The summed E-state index contributed by atoms with van der Waals surface area (Å²) in [4.78, 5) is 16.0. The number of amides is 1. The second-order valence-electron chi connectivity index (χ2n) is 4.13. The number of hydrogen-bond donors (Lipinski definition) is 2. The normalized spacial score (nSPS) is 11.9. The summed E-state index contributed by atoms with van der Waals surface area (Å²) in [6.07, 6.45) is 2.15. The van der Waals surface area contributed by atoms with E-state index in [9.17, 15) is 4.79 Å². The fourth-order valence-corrected chi connectivity index (χ4v) is 2.01. The molecule has 5 heteroatoms. The molecule has 4 nitrogen and oxygen atoms in total. The van der Waals surface area contributed by atoms with Gasteiger partial charge in [0.1, 0.15) is 4.60 Å². The van der Waals surface area contributed by atoms with Gasteiger partial charge in [-0.2, -0.15) is 0 Å². The lowest BCUT2D eigenvalue weighted by Gasteiger charge is -2.12. The summed E-state index contributed by atoms with van der Waals surface area (Å²) in [6.45, 7) is 0. The third kappa shape index (κ3) is 3.87. The number of halogens is 1. The Kier molecular flexibility index (Phi) is 4.65. The van der Waals surface area contributed by atoms with Gasteiger partial charge in [-0.1, -0.05) is 30.3 Å². The number of nitrogens with two attached hydrogens (primary N) is 1. The Balaban J connectivity index is 1.99. The topological polar surface area (TPSA) is 68.0 Å². The van der Waals surface area contributed by atoms with Crippen molar-refractivity contribution in [1.29, 1.82) is 0 Å². The maximum absolute atomic E-state index is 12.0. The van der Waals surface area contributed by atoms with Gasteiger partial charge in [-0.3, -0.25) is 4.79 Å². The Morgan fingerprint density at radius 2 is 2.00 bits per heavy atom. The van der Waals surface area contributed by atoms with Crippen molar-refractivity contribution >= 4 is 27.5 Å². The molecular formula is C14H14BrN3O. The van der Waals surface area contributed by atoms with Crippen LogP contribution in [0.1, 0.15) is 5.56 Å². The van der Waals surface area contributed by atoms with Crippen LogP contribution in [-0.4, -0.2) is 16.9 Å². The molecule has 2 aromatic rings. The minimum absolute atomic E-state index is 0.224. The fraction of sp³-hybridized carbons (Fsp3) is 0.143. The van der Waals surface area contributed by atoms with E-state index >= 15 is 0 Å². The van der Waals surface area contributed by atoms with Crippen LogP contribution in [0.25, 0.3) is 0 Å². The third-order valence-electron chi connectivity index (χ3n) is 2.65. The van der Waals surface area contributed by atoms with Gasteiger partial charge in [0.05, 0.1) is 11.7 Å². The highest BCUT2D eigenvalue weighted by Crippen LogP contribution is 2.18. The SMILES string of the molecule is NC(Cc1ccccc1)C(=O)Nc1cccnc1Br. The second-order valence-corrected chi connectivity index (χ2v) is 4.88. The summed E-state index contributed by atoms with van der Waals surface area (Å²) in [7, 11) is 0. The van der Waals surface area contributed by atoms with Crippen LogP contribution in [-0.2, 0) is 11.2 Å². The summed E-state index contributed by atoms with van der Waals surface area (Å²) in [5.41, 5.74) is 7.56.